The minimum Gasteiger partial charge on any atom is -0.396 e. The highest BCUT2D eigenvalue weighted by Crippen LogP contribution is 2.28. The number of hydrogen-bond donors (Lipinski definition) is 4. The van der Waals surface area contributed by atoms with Gasteiger partial charge in [-0.1, -0.05) is 90.9 Å². The molecular formula is C28H58O6S. The molecule has 4 unspecified atom stereocenters. The van der Waals surface area contributed by atoms with Crippen molar-refractivity contribution in [2.75, 3.05) is 39.6 Å². The van der Waals surface area contributed by atoms with E-state index in [1.54, 1.807) is 0 Å². The van der Waals surface area contributed by atoms with E-state index in [0.29, 0.717) is 26.1 Å². The van der Waals surface area contributed by atoms with Gasteiger partial charge in [-0.3, -0.25) is 0 Å². The number of thioether (sulfide) groups is 1. The first-order valence-electron chi connectivity index (χ1n) is 14.5. The number of ether oxygens (including phenoxy) is 2. The fraction of sp³-hybridized carbons (Fsp3) is 1.00. The zero-order valence-electron chi connectivity index (χ0n) is 22.9. The van der Waals surface area contributed by atoms with Crippen LogP contribution >= 0.6 is 11.8 Å². The highest BCUT2D eigenvalue weighted by Gasteiger charge is 2.28. The van der Waals surface area contributed by atoms with Crippen LogP contribution in [0.5, 0.6) is 0 Å². The fourth-order valence-corrected chi connectivity index (χ4v) is 5.58. The van der Waals surface area contributed by atoms with E-state index in [1.807, 2.05) is 0 Å². The van der Waals surface area contributed by atoms with E-state index in [2.05, 4.69) is 13.8 Å². The summed E-state index contributed by atoms with van der Waals surface area (Å²) in [5.41, 5.74) is 0. The molecule has 0 radical (unpaired) electrons. The highest BCUT2D eigenvalue weighted by molar-refractivity contribution is 8.00. The van der Waals surface area contributed by atoms with Crippen LogP contribution in [0.1, 0.15) is 117 Å². The lowest BCUT2D eigenvalue weighted by Crippen LogP contribution is -2.36. The summed E-state index contributed by atoms with van der Waals surface area (Å²) in [7, 11) is 0. The third-order valence-corrected chi connectivity index (χ3v) is 8.20. The lowest BCUT2D eigenvalue weighted by molar-refractivity contribution is 0.0264. The van der Waals surface area contributed by atoms with Gasteiger partial charge < -0.3 is 29.9 Å². The molecule has 0 aliphatic carbocycles. The van der Waals surface area contributed by atoms with Crippen LogP contribution in [0, 0.1) is 0 Å². The first-order valence-corrected chi connectivity index (χ1v) is 15.4. The predicted octanol–water partition coefficient (Wildman–Crippen LogP) is 5.48. The van der Waals surface area contributed by atoms with Crippen molar-refractivity contribution in [1.82, 2.24) is 0 Å². The number of aliphatic hydroxyl groups excluding tert-OH is 4. The number of aliphatic hydroxyl groups is 4. The number of hydrogen-bond acceptors (Lipinski definition) is 7. The van der Waals surface area contributed by atoms with Crippen LogP contribution in [-0.2, 0) is 9.47 Å². The molecule has 0 saturated carbocycles. The van der Waals surface area contributed by atoms with Crippen LogP contribution in [-0.4, -0.2) is 82.8 Å². The molecule has 35 heavy (non-hydrogen) atoms. The van der Waals surface area contributed by atoms with Gasteiger partial charge >= 0.3 is 0 Å². The van der Waals surface area contributed by atoms with Gasteiger partial charge in [0.05, 0.1) is 25.4 Å². The molecule has 212 valence electrons. The Balaban J connectivity index is 4.21. The van der Waals surface area contributed by atoms with Gasteiger partial charge in [0.15, 0.2) is 0 Å². The summed E-state index contributed by atoms with van der Waals surface area (Å²) in [6, 6.07) is 0. The third kappa shape index (κ3) is 21.9. The van der Waals surface area contributed by atoms with Gasteiger partial charge in [0.1, 0.15) is 0 Å². The van der Waals surface area contributed by atoms with Crippen molar-refractivity contribution in [3.05, 3.63) is 0 Å². The van der Waals surface area contributed by atoms with E-state index in [0.717, 1.165) is 25.7 Å². The van der Waals surface area contributed by atoms with Crippen LogP contribution in [0.25, 0.3) is 0 Å². The summed E-state index contributed by atoms with van der Waals surface area (Å²) in [6.07, 6.45) is 16.5. The summed E-state index contributed by atoms with van der Waals surface area (Å²) >= 11 is 1.43. The molecule has 7 heteroatoms. The Labute approximate surface area is 220 Å². The smallest absolute Gasteiger partial charge is 0.0892 e. The Morgan fingerprint density at radius 1 is 0.543 bits per heavy atom. The zero-order valence-corrected chi connectivity index (χ0v) is 23.7. The minimum absolute atomic E-state index is 0.0385. The maximum Gasteiger partial charge on any atom is 0.0892 e. The van der Waals surface area contributed by atoms with Crippen molar-refractivity contribution in [2.24, 2.45) is 0 Å². The third-order valence-electron chi connectivity index (χ3n) is 6.40. The van der Waals surface area contributed by atoms with Crippen LogP contribution in [0.4, 0.5) is 0 Å². The van der Waals surface area contributed by atoms with Crippen LogP contribution in [0.15, 0.2) is 0 Å². The molecule has 4 atom stereocenters. The Morgan fingerprint density at radius 2 is 0.886 bits per heavy atom. The second kappa shape index (κ2) is 27.2. The normalized spacial score (nSPS) is 15.3. The van der Waals surface area contributed by atoms with Gasteiger partial charge in [-0.2, -0.15) is 0 Å². The van der Waals surface area contributed by atoms with Crippen molar-refractivity contribution in [2.45, 2.75) is 139 Å². The van der Waals surface area contributed by atoms with Gasteiger partial charge in [0.25, 0.3) is 0 Å². The molecular weight excluding hydrogens is 464 g/mol. The average Bonchev–Trinajstić information content (AvgIpc) is 2.85. The summed E-state index contributed by atoms with van der Waals surface area (Å²) in [5.74, 6) is 0. The Morgan fingerprint density at radius 3 is 1.23 bits per heavy atom. The van der Waals surface area contributed by atoms with Gasteiger partial charge in [0.2, 0.25) is 0 Å². The quantitative estimate of drug-likeness (QED) is 0.101. The van der Waals surface area contributed by atoms with Crippen LogP contribution in [0.3, 0.4) is 0 Å². The van der Waals surface area contributed by atoms with Gasteiger partial charge in [-0.05, 0) is 25.7 Å². The molecule has 0 aromatic rings. The molecule has 0 heterocycles. The molecule has 0 rings (SSSR count). The van der Waals surface area contributed by atoms with Crippen LogP contribution in [0.2, 0.25) is 0 Å². The average molecular weight is 523 g/mol. The maximum atomic E-state index is 10.7. The molecule has 0 aromatic heterocycles. The Bertz CT molecular complexity index is 379. The maximum absolute atomic E-state index is 10.7. The van der Waals surface area contributed by atoms with E-state index in [4.69, 9.17) is 9.47 Å². The topological polar surface area (TPSA) is 99.4 Å². The van der Waals surface area contributed by atoms with E-state index in [1.165, 1.54) is 76.0 Å². The molecule has 0 aliphatic rings. The van der Waals surface area contributed by atoms with E-state index in [9.17, 15) is 20.4 Å². The van der Waals surface area contributed by atoms with Crippen molar-refractivity contribution < 1.29 is 29.9 Å². The molecule has 0 spiro atoms. The summed E-state index contributed by atoms with van der Waals surface area (Å²) < 4.78 is 11.4. The number of unbranched alkanes of at least 4 members (excludes halogenated alkanes) is 12. The molecule has 0 saturated heterocycles. The van der Waals surface area contributed by atoms with Gasteiger partial charge in [-0.25, -0.2) is 0 Å². The van der Waals surface area contributed by atoms with E-state index >= 15 is 0 Å². The standard InChI is InChI=1S/C28H58O6S/c1-3-5-7-9-11-13-15-21-33-23-25(31)27(17-19-29)35-28(18-20-30)26(32)24-34-22-16-14-12-10-8-6-4-2/h25-32H,3-24H2,1-2H3. The first-order chi connectivity index (χ1) is 17.1. The summed E-state index contributed by atoms with van der Waals surface area (Å²) in [4.78, 5) is 0. The largest absolute Gasteiger partial charge is 0.396 e. The molecule has 0 amide bonds. The first kappa shape index (κ1) is 35.1. The molecule has 0 aliphatic heterocycles. The molecule has 4 N–H and O–H groups in total. The predicted molar refractivity (Wildman–Crippen MR) is 148 cm³/mol. The van der Waals surface area contributed by atoms with Gasteiger partial charge in [0, 0.05) is 36.9 Å². The Kier molecular flexibility index (Phi) is 27.2. The minimum atomic E-state index is -0.723. The monoisotopic (exact) mass is 522 g/mol. The molecule has 6 nitrogen and oxygen atoms in total. The van der Waals surface area contributed by atoms with Gasteiger partial charge in [-0.15, -0.1) is 11.8 Å². The van der Waals surface area contributed by atoms with E-state index in [-0.39, 0.29) is 36.9 Å². The number of rotatable bonds is 28. The van der Waals surface area contributed by atoms with Crippen molar-refractivity contribution in [3.63, 3.8) is 0 Å². The second-order valence-corrected chi connectivity index (χ2v) is 11.2. The van der Waals surface area contributed by atoms with Crippen molar-refractivity contribution in [3.8, 4) is 0 Å². The fourth-order valence-electron chi connectivity index (χ4n) is 4.13. The highest BCUT2D eigenvalue weighted by atomic mass is 32.2. The lowest BCUT2D eigenvalue weighted by atomic mass is 10.1. The zero-order chi connectivity index (χ0) is 26.0. The Hall–Kier alpha value is 0.110. The summed E-state index contributed by atoms with van der Waals surface area (Å²) in [5, 5.41) is 39.8. The summed E-state index contributed by atoms with van der Waals surface area (Å²) in [6.45, 7) is 6.09. The molecule has 0 aromatic carbocycles. The molecule has 0 bridgehead atoms. The van der Waals surface area contributed by atoms with Crippen molar-refractivity contribution >= 4 is 11.8 Å². The molecule has 0 fully saturated rings. The van der Waals surface area contributed by atoms with Crippen LogP contribution < -0.4 is 0 Å². The van der Waals surface area contributed by atoms with Crippen molar-refractivity contribution in [1.29, 1.82) is 0 Å². The van der Waals surface area contributed by atoms with E-state index < -0.39 is 12.2 Å². The SMILES string of the molecule is CCCCCCCCCOCC(O)C(CCO)SC(CCO)C(O)COCCCCCCCCC. The lowest BCUT2D eigenvalue weighted by Gasteiger charge is -2.29. The second-order valence-electron chi connectivity index (χ2n) is 9.76.